The highest BCUT2D eigenvalue weighted by atomic mass is 32.2. The molecule has 4 aromatic heterocycles. The van der Waals surface area contributed by atoms with E-state index in [1.807, 2.05) is 49.5 Å². The number of aromatic nitrogens is 7. The lowest BCUT2D eigenvalue weighted by atomic mass is 10.0. The maximum absolute atomic E-state index is 11.8. The number of pyridine rings is 1. The standard InChI is InChI=1S/C26H22N8O2S.C2HF3O2/c1-15-31-23(24-26(32-15)29-14-28-24)19-11-17(10-16-6-8-18(9-7-16)37(2,35)36)12-27-25(19)33-21-4-3-5-22-20(21)13-30-34-22;3-2(4,5)1(6)7/h3-9,11-14H,10H2,1-2H3,(H,27,33)(H,30,34)(H,28,29,31,32);(H,6,7). The lowest BCUT2D eigenvalue weighted by molar-refractivity contribution is -0.192. The van der Waals surface area contributed by atoms with Gasteiger partial charge in [0, 0.05) is 23.4 Å². The number of nitrogens with one attached hydrogen (secondary N) is 3. The van der Waals surface area contributed by atoms with Crippen molar-refractivity contribution in [1.82, 2.24) is 35.1 Å². The van der Waals surface area contributed by atoms with E-state index >= 15 is 0 Å². The molecule has 16 heteroatoms. The molecule has 0 radical (unpaired) electrons. The number of alkyl halides is 3. The number of aromatic amines is 2. The van der Waals surface area contributed by atoms with Crippen molar-refractivity contribution in [2.45, 2.75) is 24.4 Å². The number of aryl methyl sites for hydroxylation is 1. The largest absolute Gasteiger partial charge is 0.490 e. The molecule has 6 aromatic rings. The van der Waals surface area contributed by atoms with Crippen molar-refractivity contribution in [2.24, 2.45) is 0 Å². The lowest BCUT2D eigenvalue weighted by Gasteiger charge is -2.14. The summed E-state index contributed by atoms with van der Waals surface area (Å²) >= 11 is 0. The SMILES string of the molecule is Cc1nc(-c2cc(Cc3ccc(S(C)(=O)=O)cc3)cnc2Nc2cccc3[nH]ncc23)c2[nH]cnc2n1.O=C(O)C(F)(F)F. The van der Waals surface area contributed by atoms with Crippen molar-refractivity contribution in [1.29, 1.82) is 0 Å². The van der Waals surface area contributed by atoms with E-state index in [0.29, 0.717) is 39.8 Å². The number of rotatable bonds is 6. The van der Waals surface area contributed by atoms with Crippen LogP contribution in [0.3, 0.4) is 0 Å². The number of imidazole rings is 1. The third-order valence-electron chi connectivity index (χ3n) is 6.34. The monoisotopic (exact) mass is 624 g/mol. The van der Waals surface area contributed by atoms with Gasteiger partial charge in [-0.2, -0.15) is 18.3 Å². The molecule has 0 saturated heterocycles. The van der Waals surface area contributed by atoms with E-state index in [9.17, 15) is 21.6 Å². The summed E-state index contributed by atoms with van der Waals surface area (Å²) in [6.45, 7) is 1.83. The zero-order valence-corrected chi connectivity index (χ0v) is 23.8. The van der Waals surface area contributed by atoms with Crippen LogP contribution < -0.4 is 5.32 Å². The van der Waals surface area contributed by atoms with Gasteiger partial charge in [-0.05, 0) is 54.8 Å². The number of fused-ring (bicyclic) bond motifs is 2. The van der Waals surface area contributed by atoms with Crippen molar-refractivity contribution in [3.63, 3.8) is 0 Å². The van der Waals surface area contributed by atoms with Crippen LogP contribution in [0.4, 0.5) is 24.7 Å². The molecule has 4 N–H and O–H groups in total. The van der Waals surface area contributed by atoms with Crippen LogP contribution in [0.2, 0.25) is 0 Å². The van der Waals surface area contributed by atoms with Crippen molar-refractivity contribution in [2.75, 3.05) is 11.6 Å². The molecule has 0 bridgehead atoms. The molecule has 0 aliphatic heterocycles. The molecular formula is C28H23F3N8O4S. The molecule has 0 aliphatic carbocycles. The van der Waals surface area contributed by atoms with Crippen LogP contribution in [0.1, 0.15) is 17.0 Å². The molecule has 0 spiro atoms. The summed E-state index contributed by atoms with van der Waals surface area (Å²) in [5, 5.41) is 18.7. The number of sulfone groups is 1. The first kappa shape index (κ1) is 30.1. The highest BCUT2D eigenvalue weighted by Gasteiger charge is 2.38. The zero-order chi connectivity index (χ0) is 31.6. The summed E-state index contributed by atoms with van der Waals surface area (Å²) in [6.07, 6.45) is 1.87. The molecule has 6 rings (SSSR count). The highest BCUT2D eigenvalue weighted by Crippen LogP contribution is 2.34. The molecule has 0 atom stereocenters. The predicted molar refractivity (Wildman–Crippen MR) is 155 cm³/mol. The Labute approximate surface area is 247 Å². The first-order chi connectivity index (χ1) is 20.8. The van der Waals surface area contributed by atoms with E-state index in [2.05, 4.69) is 30.5 Å². The molecule has 226 valence electrons. The molecule has 4 heterocycles. The summed E-state index contributed by atoms with van der Waals surface area (Å²) < 4.78 is 55.4. The van der Waals surface area contributed by atoms with Gasteiger partial charge < -0.3 is 15.4 Å². The fourth-order valence-corrected chi connectivity index (χ4v) is 4.95. The summed E-state index contributed by atoms with van der Waals surface area (Å²) in [4.78, 5) is 30.6. The third kappa shape index (κ3) is 6.64. The number of hydrogen-bond donors (Lipinski definition) is 4. The van der Waals surface area contributed by atoms with Gasteiger partial charge in [-0.25, -0.2) is 33.1 Å². The second kappa shape index (κ2) is 11.7. The van der Waals surface area contributed by atoms with E-state index in [-0.39, 0.29) is 0 Å². The van der Waals surface area contributed by atoms with Gasteiger partial charge in [0.1, 0.15) is 22.9 Å². The smallest absolute Gasteiger partial charge is 0.475 e. The molecule has 0 aliphatic rings. The average molecular weight is 625 g/mol. The number of aliphatic carboxylic acids is 1. The minimum Gasteiger partial charge on any atom is -0.475 e. The summed E-state index contributed by atoms with van der Waals surface area (Å²) in [5.41, 5.74) is 6.44. The molecule has 2 aromatic carbocycles. The number of carbonyl (C=O) groups is 1. The van der Waals surface area contributed by atoms with E-state index < -0.39 is 22.0 Å². The second-order valence-electron chi connectivity index (χ2n) is 9.62. The molecule has 0 saturated carbocycles. The fourth-order valence-electron chi connectivity index (χ4n) is 4.32. The van der Waals surface area contributed by atoms with Crippen LogP contribution in [0.25, 0.3) is 33.3 Å². The van der Waals surface area contributed by atoms with E-state index in [4.69, 9.17) is 19.9 Å². The van der Waals surface area contributed by atoms with Gasteiger partial charge in [0.15, 0.2) is 15.5 Å². The number of anilines is 2. The van der Waals surface area contributed by atoms with Gasteiger partial charge >= 0.3 is 12.1 Å². The quantitative estimate of drug-likeness (QED) is 0.198. The first-order valence-electron chi connectivity index (χ1n) is 12.7. The van der Waals surface area contributed by atoms with Crippen LogP contribution in [-0.2, 0) is 21.1 Å². The second-order valence-corrected chi connectivity index (χ2v) is 11.6. The molecule has 12 nitrogen and oxygen atoms in total. The highest BCUT2D eigenvalue weighted by molar-refractivity contribution is 7.90. The number of hydrogen-bond acceptors (Lipinski definition) is 9. The molecule has 0 unspecified atom stereocenters. The molecule has 0 fully saturated rings. The van der Waals surface area contributed by atoms with Crippen LogP contribution >= 0.6 is 0 Å². The Morgan fingerprint density at radius 2 is 1.75 bits per heavy atom. The van der Waals surface area contributed by atoms with E-state index in [0.717, 1.165) is 33.3 Å². The Morgan fingerprint density at radius 3 is 2.43 bits per heavy atom. The van der Waals surface area contributed by atoms with Gasteiger partial charge in [0.25, 0.3) is 0 Å². The average Bonchev–Trinajstić information content (AvgIpc) is 3.63. The van der Waals surface area contributed by atoms with Gasteiger partial charge in [-0.1, -0.05) is 18.2 Å². The molecular weight excluding hydrogens is 601 g/mol. The van der Waals surface area contributed by atoms with Crippen LogP contribution in [0.5, 0.6) is 0 Å². The Balaban J connectivity index is 0.000000493. The first-order valence-corrected chi connectivity index (χ1v) is 14.6. The van der Waals surface area contributed by atoms with Gasteiger partial charge in [-0.15, -0.1) is 0 Å². The number of carboxylic acids is 1. The number of nitrogens with zero attached hydrogens (tertiary/aromatic N) is 5. The van der Waals surface area contributed by atoms with Crippen molar-refractivity contribution < 1.29 is 31.5 Å². The summed E-state index contributed by atoms with van der Waals surface area (Å²) in [6, 6.07) is 14.8. The van der Waals surface area contributed by atoms with Gasteiger partial charge in [0.05, 0.1) is 28.6 Å². The zero-order valence-electron chi connectivity index (χ0n) is 23.0. The molecule has 0 amide bonds. The lowest BCUT2D eigenvalue weighted by Crippen LogP contribution is -2.21. The topological polar surface area (TPSA) is 179 Å². The van der Waals surface area contributed by atoms with E-state index in [1.54, 1.807) is 24.7 Å². The summed E-state index contributed by atoms with van der Waals surface area (Å²) in [7, 11) is -3.25. The van der Waals surface area contributed by atoms with Crippen LogP contribution in [-0.4, -0.2) is 67.0 Å². The predicted octanol–water partition coefficient (Wildman–Crippen LogP) is 4.97. The van der Waals surface area contributed by atoms with Crippen LogP contribution in [0.15, 0.2) is 72.1 Å². The Bertz CT molecular complexity index is 2090. The van der Waals surface area contributed by atoms with Gasteiger partial charge in [-0.3, -0.25) is 5.10 Å². The summed E-state index contributed by atoms with van der Waals surface area (Å²) in [5.74, 6) is -1.54. The molecule has 44 heavy (non-hydrogen) atoms. The van der Waals surface area contributed by atoms with Crippen LogP contribution in [0, 0.1) is 6.92 Å². The number of carboxylic acid groups (broad SMARTS) is 1. The number of benzene rings is 2. The third-order valence-corrected chi connectivity index (χ3v) is 7.47. The normalized spacial score (nSPS) is 11.8. The number of H-pyrrole nitrogens is 2. The Morgan fingerprint density at radius 1 is 1.02 bits per heavy atom. The van der Waals surface area contributed by atoms with Crippen molar-refractivity contribution in [3.8, 4) is 11.3 Å². The Hall–Kier alpha value is -5.38. The van der Waals surface area contributed by atoms with Crippen molar-refractivity contribution >= 4 is 49.4 Å². The van der Waals surface area contributed by atoms with Crippen molar-refractivity contribution in [3.05, 3.63) is 84.2 Å². The van der Waals surface area contributed by atoms with E-state index in [1.165, 1.54) is 6.26 Å². The Kier molecular flexibility index (Phi) is 8.01. The van der Waals surface area contributed by atoms with Gasteiger partial charge in [0.2, 0.25) is 0 Å². The maximum atomic E-state index is 11.8. The fraction of sp³-hybridized carbons (Fsp3) is 0.143. The minimum atomic E-state index is -5.08. The number of halogens is 3. The minimum absolute atomic E-state index is 0.293. The maximum Gasteiger partial charge on any atom is 0.490 e.